The molecular weight excluding hydrogens is 887 g/mol. The molecule has 3 nitrogen and oxygen atoms in total. The molecule has 0 N–H and O–H groups in total. The number of halogens is 3. The average Bonchev–Trinajstić information content (AvgIpc) is 3.80. The van der Waals surface area contributed by atoms with Crippen molar-refractivity contribution in [2.75, 3.05) is 9.80 Å². The van der Waals surface area contributed by atoms with E-state index in [1.807, 2.05) is 65.6 Å². The molecule has 1 aromatic heterocycles. The number of furan rings is 1. The average molecular weight is 923 g/mol. The Balaban J connectivity index is 1.17. The van der Waals surface area contributed by atoms with Crippen LogP contribution in [0.4, 0.5) is 47.3 Å². The van der Waals surface area contributed by atoms with Gasteiger partial charge in [-0.2, -0.15) is 13.2 Å². The summed E-state index contributed by atoms with van der Waals surface area (Å²) in [6, 6.07) is 71.8. The summed E-state index contributed by atoms with van der Waals surface area (Å²) >= 11 is 1.73. The molecule has 5 heterocycles. The number of hydrogen-bond donors (Lipinski definition) is 0. The molecule has 0 aliphatic carbocycles. The van der Waals surface area contributed by atoms with Crippen LogP contribution < -0.4 is 42.6 Å². The minimum absolute atomic E-state index is 0.0756. The van der Waals surface area contributed by atoms with Crippen LogP contribution in [0.25, 0.3) is 55.3 Å². The van der Waals surface area contributed by atoms with Crippen molar-refractivity contribution >= 4 is 114 Å². The highest BCUT2D eigenvalue weighted by Gasteiger charge is 2.53. The summed E-state index contributed by atoms with van der Waals surface area (Å²) in [7, 11) is 0. The Morgan fingerprint density at radius 2 is 0.986 bits per heavy atom. The Bertz CT molecular complexity index is 4010. The maximum absolute atomic E-state index is 15.8. The second kappa shape index (κ2) is 14.7. The minimum Gasteiger partial charge on any atom is -0.456 e. The molecule has 0 radical (unpaired) electrons. The first kappa shape index (κ1) is 39.8. The lowest BCUT2D eigenvalue weighted by Gasteiger charge is -2.50. The molecule has 11 aromatic rings. The Hall–Kier alpha value is -8.13. The number of nitrogens with zero attached hydrogens (tertiary/aromatic N) is 2. The van der Waals surface area contributed by atoms with Gasteiger partial charge in [0.25, 0.3) is 6.71 Å². The lowest BCUT2D eigenvalue weighted by Crippen LogP contribution is -2.68. The first-order chi connectivity index (χ1) is 34.4. The normalized spacial score (nSPS) is 13.8. The molecule has 0 spiro atoms. The number of benzene rings is 10. The summed E-state index contributed by atoms with van der Waals surface area (Å²) in [6.07, 6.45) is -4.65. The summed E-state index contributed by atoms with van der Waals surface area (Å²) in [6.45, 7) is -0.566. The van der Waals surface area contributed by atoms with Gasteiger partial charge in [0, 0.05) is 48.9 Å². The molecule has 328 valence electrons. The zero-order valence-electron chi connectivity index (χ0n) is 37.2. The minimum atomic E-state index is -4.65. The van der Waals surface area contributed by atoms with Crippen molar-refractivity contribution in [3.63, 3.8) is 0 Å². The second-order valence-electron chi connectivity index (χ2n) is 18.5. The van der Waals surface area contributed by atoms with Crippen LogP contribution in [0.1, 0.15) is 5.56 Å². The molecule has 0 amide bonds. The van der Waals surface area contributed by atoms with Gasteiger partial charge >= 0.3 is 6.18 Å². The Morgan fingerprint density at radius 3 is 1.70 bits per heavy atom. The summed E-state index contributed by atoms with van der Waals surface area (Å²) in [4.78, 5) is 6.53. The molecule has 0 atom stereocenters. The van der Waals surface area contributed by atoms with Gasteiger partial charge in [-0.1, -0.05) is 181 Å². The molecule has 0 saturated heterocycles. The van der Waals surface area contributed by atoms with Crippen LogP contribution in [-0.2, 0) is 6.18 Å². The van der Waals surface area contributed by atoms with Crippen LogP contribution in [0.2, 0.25) is 0 Å². The molecule has 15 rings (SSSR count). The van der Waals surface area contributed by atoms with Crippen LogP contribution in [0.15, 0.2) is 227 Å². The van der Waals surface area contributed by atoms with Gasteiger partial charge in [-0.25, -0.2) is 0 Å². The fourth-order valence-corrected chi connectivity index (χ4v) is 13.5. The summed E-state index contributed by atoms with van der Waals surface area (Å²) in [5.41, 5.74) is 18.2. The maximum Gasteiger partial charge on any atom is 0.418 e. The highest BCUT2D eigenvalue weighted by molar-refractivity contribution is 8.00. The van der Waals surface area contributed by atoms with E-state index in [-0.39, 0.29) is 19.1 Å². The summed E-state index contributed by atoms with van der Waals surface area (Å²) in [5, 5.41) is 1.87. The van der Waals surface area contributed by atoms with Crippen LogP contribution >= 0.6 is 11.8 Å². The molecule has 70 heavy (non-hydrogen) atoms. The molecule has 10 aromatic carbocycles. The van der Waals surface area contributed by atoms with Crippen LogP contribution in [0, 0.1) is 0 Å². The fourth-order valence-electron chi connectivity index (χ4n) is 12.2. The fraction of sp³-hybridized carbons (Fsp3) is 0.0164. The number of alkyl halides is 3. The van der Waals surface area contributed by atoms with E-state index in [1.165, 1.54) is 23.1 Å². The van der Waals surface area contributed by atoms with E-state index in [9.17, 15) is 0 Å². The van der Waals surface area contributed by atoms with E-state index in [0.29, 0.717) is 5.69 Å². The van der Waals surface area contributed by atoms with Crippen LogP contribution in [0.3, 0.4) is 0 Å². The molecule has 0 fully saturated rings. The van der Waals surface area contributed by atoms with E-state index >= 15 is 13.2 Å². The van der Waals surface area contributed by atoms with Crippen LogP contribution in [0.5, 0.6) is 0 Å². The summed E-state index contributed by atoms with van der Waals surface area (Å²) in [5.74, 6) is 0. The van der Waals surface area contributed by atoms with Gasteiger partial charge in [-0.3, -0.25) is 0 Å². The van der Waals surface area contributed by atoms with E-state index < -0.39 is 11.7 Å². The number of hydrogen-bond acceptors (Lipinski definition) is 4. The number of rotatable bonds is 4. The number of para-hydroxylation sites is 3. The second-order valence-corrected chi connectivity index (χ2v) is 19.6. The molecule has 4 aliphatic rings. The molecule has 0 unspecified atom stereocenters. The van der Waals surface area contributed by atoms with Crippen molar-refractivity contribution in [2.45, 2.75) is 16.0 Å². The van der Waals surface area contributed by atoms with E-state index in [4.69, 9.17) is 4.42 Å². The standard InChI is InChI=1S/C61H35B2F3N2OS/c64-61(65,66)42-22-8-11-25-47(42)67-48-26-12-9-23-43(48)62-45-34-38(36-16-3-1-4-17-36)30-32-49(45)68-50-33-31-39(37-18-5-2-6-19-37)35-46(50)63-44-24-10-14-29-53(44)70-60-55(58(67)56(62)59(68)57(60)63)41-21-15-28-52-54(41)40-20-7-13-27-51(40)69-52/h1-35H. The van der Waals surface area contributed by atoms with Crippen molar-refractivity contribution in [3.05, 3.63) is 218 Å². The molecule has 9 heteroatoms. The van der Waals surface area contributed by atoms with Crippen molar-refractivity contribution in [1.82, 2.24) is 0 Å². The summed E-state index contributed by atoms with van der Waals surface area (Å²) < 4.78 is 54.0. The van der Waals surface area contributed by atoms with Crippen molar-refractivity contribution in [1.29, 1.82) is 0 Å². The molecule has 0 saturated carbocycles. The smallest absolute Gasteiger partial charge is 0.418 e. The number of anilines is 6. The lowest BCUT2D eigenvalue weighted by molar-refractivity contribution is -0.137. The molecule has 4 aliphatic heterocycles. The van der Waals surface area contributed by atoms with Gasteiger partial charge in [0.15, 0.2) is 0 Å². The van der Waals surface area contributed by atoms with Crippen LogP contribution in [-0.4, -0.2) is 13.4 Å². The third kappa shape index (κ3) is 5.52. The third-order valence-electron chi connectivity index (χ3n) is 14.9. The highest BCUT2D eigenvalue weighted by atomic mass is 32.2. The Kier molecular flexibility index (Phi) is 8.36. The predicted octanol–water partition coefficient (Wildman–Crippen LogP) is 13.0. The van der Waals surface area contributed by atoms with Gasteiger partial charge < -0.3 is 14.2 Å². The van der Waals surface area contributed by atoms with Crippen molar-refractivity contribution < 1.29 is 17.6 Å². The zero-order valence-corrected chi connectivity index (χ0v) is 38.0. The SMILES string of the molecule is FC(F)(F)c1ccccc1N1c2ccccc2B2c3cc(-c4ccccc4)ccc3N3c4ccc(-c5ccccc5)cc4B4c5ccccc5Sc5c4c3c2c1c5-c1cccc2oc3ccccc3c12. The topological polar surface area (TPSA) is 19.6 Å². The zero-order chi connectivity index (χ0) is 46.4. The van der Waals surface area contributed by atoms with Gasteiger partial charge in [0.1, 0.15) is 11.2 Å². The monoisotopic (exact) mass is 922 g/mol. The van der Waals surface area contributed by atoms with Crippen molar-refractivity contribution in [2.24, 2.45) is 0 Å². The van der Waals surface area contributed by atoms with Gasteiger partial charge in [-0.05, 0) is 104 Å². The largest absolute Gasteiger partial charge is 0.456 e. The first-order valence-electron chi connectivity index (χ1n) is 23.6. The quantitative estimate of drug-likeness (QED) is 0.164. The first-order valence-corrected chi connectivity index (χ1v) is 24.4. The van der Waals surface area contributed by atoms with Crippen molar-refractivity contribution in [3.8, 4) is 33.4 Å². The maximum atomic E-state index is 15.8. The third-order valence-corrected chi connectivity index (χ3v) is 16.1. The number of fused-ring (bicyclic) bond motifs is 13. The van der Waals surface area contributed by atoms with E-state index in [2.05, 4.69) is 132 Å². The molecular formula is C61H35B2F3N2OS. The van der Waals surface area contributed by atoms with Gasteiger partial charge in [0.2, 0.25) is 6.71 Å². The predicted molar refractivity (Wildman–Crippen MR) is 284 cm³/mol. The molecule has 0 bridgehead atoms. The Morgan fingerprint density at radius 1 is 0.429 bits per heavy atom. The van der Waals surface area contributed by atoms with Gasteiger partial charge in [-0.15, -0.1) is 0 Å². The Labute approximate surface area is 406 Å². The van der Waals surface area contributed by atoms with E-state index in [0.717, 1.165) is 110 Å². The lowest BCUT2D eigenvalue weighted by atomic mass is 9.29. The van der Waals surface area contributed by atoms with Gasteiger partial charge in [0.05, 0.1) is 16.9 Å². The highest BCUT2D eigenvalue weighted by Crippen LogP contribution is 2.56. The van der Waals surface area contributed by atoms with E-state index in [1.54, 1.807) is 23.9 Å².